The van der Waals surface area contributed by atoms with Crippen LogP contribution in [-0.2, 0) is 19.3 Å². The van der Waals surface area contributed by atoms with Gasteiger partial charge in [0.1, 0.15) is 22.3 Å². The Morgan fingerprint density at radius 1 is 0.152 bits per heavy atom. The number of hydrogen-bond donors (Lipinski definition) is 0. The highest BCUT2D eigenvalue weighted by molar-refractivity contribution is 7.26. The third-order valence-electron chi connectivity index (χ3n) is 27.5. The Bertz CT molecular complexity index is 8600. The molecule has 0 radical (unpaired) electrons. The lowest BCUT2D eigenvalue weighted by atomic mass is 9.93. The highest BCUT2D eigenvalue weighted by atomic mass is 32.1. The number of furan rings is 2. The molecule has 21 aromatic carbocycles. The van der Waals surface area contributed by atoms with Gasteiger partial charge in [0.25, 0.3) is 0 Å². The molecule has 0 aliphatic heterocycles. The van der Waals surface area contributed by atoms with Gasteiger partial charge in [-0.2, -0.15) is 0 Å². The Labute approximate surface area is 771 Å². The fourth-order valence-electron chi connectivity index (χ4n) is 21.1. The molecular formula is C129H84O2S. The second-order valence-corrected chi connectivity index (χ2v) is 36.1. The minimum absolute atomic E-state index is 0.892. The van der Waals surface area contributed by atoms with Crippen molar-refractivity contribution in [3.05, 3.63) is 507 Å². The molecule has 27 rings (SSSR count). The van der Waals surface area contributed by atoms with Crippen LogP contribution in [0, 0.1) is 0 Å². The lowest BCUT2D eigenvalue weighted by Crippen LogP contribution is -1.90. The molecule has 3 heteroatoms. The minimum Gasteiger partial charge on any atom is -0.456 e. The van der Waals surface area contributed by atoms with E-state index < -0.39 is 0 Å². The molecular weight excluding hydrogens is 1610 g/mol. The van der Waals surface area contributed by atoms with Crippen molar-refractivity contribution in [2.75, 3.05) is 0 Å². The van der Waals surface area contributed by atoms with E-state index in [9.17, 15) is 0 Å². The van der Waals surface area contributed by atoms with E-state index in [1.807, 2.05) is 29.5 Å². The fraction of sp³-hybridized carbons (Fsp3) is 0.0233. The number of benzene rings is 21. The van der Waals surface area contributed by atoms with E-state index >= 15 is 0 Å². The lowest BCUT2D eigenvalue weighted by Gasteiger charge is -2.11. The molecule has 0 N–H and O–H groups in total. The van der Waals surface area contributed by atoms with Crippen LogP contribution in [0.15, 0.2) is 482 Å². The van der Waals surface area contributed by atoms with Crippen LogP contribution in [0.4, 0.5) is 0 Å². The largest absolute Gasteiger partial charge is 0.456 e. The molecule has 0 spiro atoms. The van der Waals surface area contributed by atoms with Crippen molar-refractivity contribution in [2.45, 2.75) is 19.3 Å². The highest BCUT2D eigenvalue weighted by Gasteiger charge is 2.30. The predicted octanol–water partition coefficient (Wildman–Crippen LogP) is 35.9. The van der Waals surface area contributed by atoms with E-state index in [2.05, 4.69) is 455 Å². The van der Waals surface area contributed by atoms with Crippen LogP contribution in [0.2, 0.25) is 0 Å². The maximum absolute atomic E-state index is 6.46. The summed E-state index contributed by atoms with van der Waals surface area (Å²) in [5.41, 5.74) is 50.3. The zero-order chi connectivity index (χ0) is 87.1. The van der Waals surface area contributed by atoms with E-state index in [1.165, 1.54) is 226 Å². The molecule has 24 aromatic rings. The number of fused-ring (bicyclic) bond motifs is 18. The molecule has 3 heterocycles. The first-order valence-corrected chi connectivity index (χ1v) is 46.5. The highest BCUT2D eigenvalue weighted by Crippen LogP contribution is 2.52. The molecule has 0 bridgehead atoms. The summed E-state index contributed by atoms with van der Waals surface area (Å²) in [6.45, 7) is 0. The fourth-order valence-corrected chi connectivity index (χ4v) is 22.3. The van der Waals surface area contributed by atoms with E-state index in [0.29, 0.717) is 0 Å². The first-order chi connectivity index (χ1) is 65.4. The van der Waals surface area contributed by atoms with E-state index in [4.69, 9.17) is 8.83 Å². The zero-order valence-corrected chi connectivity index (χ0v) is 73.2. The number of rotatable bonds is 12. The van der Waals surface area contributed by atoms with E-state index in [-0.39, 0.29) is 0 Å². The van der Waals surface area contributed by atoms with Crippen LogP contribution >= 0.6 is 11.3 Å². The number of hydrogen-bond acceptors (Lipinski definition) is 3. The van der Waals surface area contributed by atoms with Gasteiger partial charge in [-0.15, -0.1) is 11.3 Å². The molecule has 0 amide bonds. The van der Waals surface area contributed by atoms with Crippen molar-refractivity contribution < 1.29 is 8.83 Å². The van der Waals surface area contributed by atoms with Crippen LogP contribution < -0.4 is 0 Å². The van der Waals surface area contributed by atoms with Gasteiger partial charge >= 0.3 is 0 Å². The van der Waals surface area contributed by atoms with Gasteiger partial charge in [0.05, 0.1) is 0 Å². The summed E-state index contributed by atoms with van der Waals surface area (Å²) in [6, 6.07) is 172. The Balaban J connectivity index is 0.000000106. The standard InChI is InChI=1S/2C43H28O.C43H28S/c1-2-10-28(11-3-1)29-22-24-30(25-23-29)31-12-6-13-32(26-31)33-15-7-16-34-35-17-8-18-36(41(35)27-40(33)34)38-19-9-20-39-37-14-4-5-21-42(37)44-43(38)39;1-2-9-28(10-3-1)29-19-21-30(22-20-29)31-11-6-12-32(25-31)34-14-7-16-36-37-17-8-15-35(40(37)27-39(34)36)33-23-24-43-41(26-33)38-13-4-5-18-42(38)44-43;1-2-9-28(10-3-1)29-19-21-30(22-20-29)31-11-6-12-32(25-31)35-14-7-16-37-40-26-33(23-24-34(40)27-41(35)37)36-15-8-17-39-38-13-4-5-18-42(38)44-43(36)39/h3*1-26H,27H2. The monoisotopic (exact) mass is 1700 g/mol. The number of para-hydroxylation sites is 3. The summed E-state index contributed by atoms with van der Waals surface area (Å²) in [6.07, 6.45) is 2.77. The zero-order valence-electron chi connectivity index (χ0n) is 72.4. The van der Waals surface area contributed by atoms with Gasteiger partial charge in [0, 0.05) is 47.3 Å². The topological polar surface area (TPSA) is 26.3 Å². The van der Waals surface area contributed by atoms with E-state index in [1.54, 1.807) is 0 Å². The molecule has 3 aromatic heterocycles. The predicted molar refractivity (Wildman–Crippen MR) is 557 cm³/mol. The first-order valence-electron chi connectivity index (χ1n) is 45.7. The summed E-state index contributed by atoms with van der Waals surface area (Å²) < 4.78 is 15.3. The van der Waals surface area contributed by atoms with Gasteiger partial charge < -0.3 is 8.83 Å². The second-order valence-electron chi connectivity index (χ2n) is 35.0. The molecule has 3 aliphatic carbocycles. The Morgan fingerprint density at radius 2 is 0.439 bits per heavy atom. The molecule has 3 aliphatic rings. The summed E-state index contributed by atoms with van der Waals surface area (Å²) >= 11 is 1.90. The van der Waals surface area contributed by atoms with Gasteiger partial charge in [-0.3, -0.25) is 0 Å². The first kappa shape index (κ1) is 77.8. The van der Waals surface area contributed by atoms with Crippen LogP contribution in [-0.4, -0.2) is 0 Å². The maximum atomic E-state index is 6.46. The molecule has 0 atom stereocenters. The molecule has 0 saturated carbocycles. The van der Waals surface area contributed by atoms with Crippen LogP contribution in [0.1, 0.15) is 33.4 Å². The number of thiophene rings is 1. The van der Waals surface area contributed by atoms with Crippen molar-refractivity contribution in [1.29, 1.82) is 0 Å². The molecule has 618 valence electrons. The third-order valence-corrected chi connectivity index (χ3v) is 28.7. The SMILES string of the molecule is c1ccc(-c2ccc(-c3cccc(-c4cccc5c4Cc4c(-c6ccc7oc8ccccc8c7c6)cccc4-5)c3)cc2)cc1.c1ccc(-c2ccc(-c3cccc(-c4cccc5c4Cc4c-5cccc4-c4cccc5c4oc4ccccc45)c3)cc2)cc1.c1ccc(-c2ccc(-c3cccc(-c4cccc5c4Cc4ccc(-c6cccc7c6sc6ccccc67)cc4-5)c3)cc2)cc1. The Hall–Kier alpha value is -16.6. The van der Waals surface area contributed by atoms with Crippen LogP contribution in [0.25, 0.3) is 231 Å². The molecule has 132 heavy (non-hydrogen) atoms. The quantitative estimate of drug-likeness (QED) is 0.122. The van der Waals surface area contributed by atoms with Gasteiger partial charge in [0.15, 0.2) is 0 Å². The summed E-state index contributed by atoms with van der Waals surface area (Å²) in [4.78, 5) is 0. The van der Waals surface area contributed by atoms with Gasteiger partial charge in [-0.1, -0.05) is 419 Å². The summed E-state index contributed by atoms with van der Waals surface area (Å²) in [5, 5.41) is 7.36. The Kier molecular flexibility index (Phi) is 19.4. The average Bonchev–Trinajstić information content (AvgIpc) is 1.55. The Morgan fingerprint density at radius 3 is 0.924 bits per heavy atom. The van der Waals surface area contributed by atoms with Crippen LogP contribution in [0.5, 0.6) is 0 Å². The van der Waals surface area contributed by atoms with Gasteiger partial charge in [-0.25, -0.2) is 0 Å². The van der Waals surface area contributed by atoms with E-state index in [0.717, 1.165) is 57.9 Å². The van der Waals surface area contributed by atoms with Crippen LogP contribution in [0.3, 0.4) is 0 Å². The lowest BCUT2D eigenvalue weighted by molar-refractivity contribution is 0.669. The van der Waals surface area contributed by atoms with Crippen molar-refractivity contribution >= 4 is 75.4 Å². The van der Waals surface area contributed by atoms with Crippen molar-refractivity contribution in [3.63, 3.8) is 0 Å². The molecule has 0 unspecified atom stereocenters. The van der Waals surface area contributed by atoms with Crippen molar-refractivity contribution in [1.82, 2.24) is 0 Å². The molecule has 2 nitrogen and oxygen atoms in total. The van der Waals surface area contributed by atoms with Gasteiger partial charge in [0.2, 0.25) is 0 Å². The van der Waals surface area contributed by atoms with Crippen molar-refractivity contribution in [3.8, 4) is 167 Å². The average molecular weight is 1700 g/mol. The van der Waals surface area contributed by atoms with Gasteiger partial charge in [-0.05, 0) is 269 Å². The molecule has 0 saturated heterocycles. The third kappa shape index (κ3) is 14.0. The normalized spacial score (nSPS) is 12.0. The maximum Gasteiger partial charge on any atom is 0.143 e. The van der Waals surface area contributed by atoms with Crippen molar-refractivity contribution in [2.24, 2.45) is 0 Å². The second kappa shape index (κ2) is 32.9. The minimum atomic E-state index is 0.892. The summed E-state index contributed by atoms with van der Waals surface area (Å²) in [7, 11) is 0. The molecule has 0 fully saturated rings. The smallest absolute Gasteiger partial charge is 0.143 e. The summed E-state index contributed by atoms with van der Waals surface area (Å²) in [5.74, 6) is 0.